The van der Waals surface area contributed by atoms with Gasteiger partial charge in [-0.3, -0.25) is 0 Å². The molecule has 3 N–H and O–H groups in total. The molecule has 18 heavy (non-hydrogen) atoms. The number of nitrogens with one attached hydrogen (secondary N) is 1. The summed E-state index contributed by atoms with van der Waals surface area (Å²) >= 11 is -0.0940. The van der Waals surface area contributed by atoms with Crippen LogP contribution in [0.1, 0.15) is 20.3 Å². The van der Waals surface area contributed by atoms with Crippen molar-refractivity contribution in [1.82, 2.24) is 7.96 Å². The van der Waals surface area contributed by atoms with Crippen LogP contribution in [-0.4, -0.2) is 34.9 Å². The standard InChI is InChI=1S/C12H16N4OSe/c1-7(2)6-8(13)12(17)14-9-4-3-5-10-11(9)16-18-15-10/h3-5,7-8H,6,13H2,1-2H3,(H,14,17). The maximum atomic E-state index is 11.9. The van der Waals surface area contributed by atoms with Crippen LogP contribution in [0.15, 0.2) is 18.2 Å². The predicted octanol–water partition coefficient (Wildman–Crippen LogP) is 0.999. The van der Waals surface area contributed by atoms with Crippen LogP contribution >= 0.6 is 0 Å². The summed E-state index contributed by atoms with van der Waals surface area (Å²) in [5.41, 5.74) is 8.19. The van der Waals surface area contributed by atoms with E-state index in [1.165, 1.54) is 0 Å². The van der Waals surface area contributed by atoms with Gasteiger partial charge in [-0.15, -0.1) is 0 Å². The molecule has 0 aliphatic rings. The zero-order chi connectivity index (χ0) is 13.1. The number of nitrogens with zero attached hydrogens (tertiary/aromatic N) is 2. The van der Waals surface area contributed by atoms with Gasteiger partial charge < -0.3 is 0 Å². The van der Waals surface area contributed by atoms with Crippen molar-refractivity contribution in [2.24, 2.45) is 11.7 Å². The van der Waals surface area contributed by atoms with Crippen LogP contribution in [0.5, 0.6) is 0 Å². The number of aromatic nitrogens is 2. The van der Waals surface area contributed by atoms with E-state index in [-0.39, 0.29) is 20.9 Å². The van der Waals surface area contributed by atoms with E-state index in [0.717, 1.165) is 11.0 Å². The molecular weight excluding hydrogens is 295 g/mol. The van der Waals surface area contributed by atoms with E-state index in [0.29, 0.717) is 18.0 Å². The molecule has 1 aromatic carbocycles. The van der Waals surface area contributed by atoms with Crippen LogP contribution in [0, 0.1) is 5.92 Å². The van der Waals surface area contributed by atoms with Gasteiger partial charge in [-0.2, -0.15) is 0 Å². The van der Waals surface area contributed by atoms with Crippen LogP contribution in [0.2, 0.25) is 0 Å². The second-order valence-corrected chi connectivity index (χ2v) is 5.77. The molecule has 0 saturated heterocycles. The van der Waals surface area contributed by atoms with Gasteiger partial charge in [-0.05, 0) is 0 Å². The Morgan fingerprint density at radius 2 is 2.22 bits per heavy atom. The number of carbonyl (C=O) groups excluding carboxylic acids is 1. The van der Waals surface area contributed by atoms with Gasteiger partial charge in [-0.25, -0.2) is 0 Å². The Morgan fingerprint density at radius 1 is 1.44 bits per heavy atom. The van der Waals surface area contributed by atoms with Gasteiger partial charge in [0.05, 0.1) is 0 Å². The number of rotatable bonds is 4. The van der Waals surface area contributed by atoms with E-state index in [2.05, 4.69) is 13.3 Å². The molecule has 0 spiro atoms. The molecule has 1 unspecified atom stereocenters. The summed E-state index contributed by atoms with van der Waals surface area (Å²) in [4.78, 5) is 11.9. The Balaban J connectivity index is 2.14. The summed E-state index contributed by atoms with van der Waals surface area (Å²) in [7, 11) is 0. The fourth-order valence-corrected chi connectivity index (χ4v) is 2.90. The fourth-order valence-electron chi connectivity index (χ4n) is 1.75. The Morgan fingerprint density at radius 3 is 2.94 bits per heavy atom. The number of nitrogens with two attached hydrogens (primary N) is 1. The van der Waals surface area contributed by atoms with E-state index >= 15 is 0 Å². The normalized spacial score (nSPS) is 12.9. The number of fused-ring (bicyclic) bond motifs is 1. The number of amides is 1. The van der Waals surface area contributed by atoms with Crippen LogP contribution < -0.4 is 11.1 Å². The number of hydrogen-bond donors (Lipinski definition) is 2. The fraction of sp³-hybridized carbons (Fsp3) is 0.417. The topological polar surface area (TPSA) is 80.9 Å². The van der Waals surface area contributed by atoms with E-state index in [1.807, 2.05) is 32.0 Å². The van der Waals surface area contributed by atoms with E-state index in [4.69, 9.17) is 5.73 Å². The van der Waals surface area contributed by atoms with Crippen LogP contribution in [0.25, 0.3) is 11.0 Å². The summed E-state index contributed by atoms with van der Waals surface area (Å²) in [6, 6.07) is 5.11. The second-order valence-electron chi connectivity index (χ2n) is 4.66. The predicted molar refractivity (Wildman–Crippen MR) is 72.5 cm³/mol. The van der Waals surface area contributed by atoms with Crippen molar-refractivity contribution < 1.29 is 4.79 Å². The van der Waals surface area contributed by atoms with Crippen molar-refractivity contribution in [2.45, 2.75) is 26.3 Å². The Kier molecular flexibility index (Phi) is 4.11. The SMILES string of the molecule is CC(C)CC(N)C(=O)Nc1cccc2n[se]nc12. The third-order valence-corrected chi connectivity index (χ3v) is 3.74. The first-order valence-electron chi connectivity index (χ1n) is 5.85. The summed E-state index contributed by atoms with van der Waals surface area (Å²) < 4.78 is 8.59. The van der Waals surface area contributed by atoms with E-state index in [1.54, 1.807) is 0 Å². The quantitative estimate of drug-likeness (QED) is 0.826. The molecule has 96 valence electrons. The summed E-state index contributed by atoms with van der Waals surface area (Å²) in [6.07, 6.45) is 0.673. The molecule has 0 aliphatic carbocycles. The summed E-state index contributed by atoms with van der Waals surface area (Å²) in [5, 5.41) is 2.84. The maximum absolute atomic E-state index is 11.9. The zero-order valence-electron chi connectivity index (χ0n) is 10.4. The number of hydrogen-bond acceptors (Lipinski definition) is 4. The molecule has 2 aromatic rings. The van der Waals surface area contributed by atoms with E-state index in [9.17, 15) is 4.79 Å². The van der Waals surface area contributed by atoms with Crippen LogP contribution in [0.3, 0.4) is 0 Å². The molecule has 6 heteroatoms. The Labute approximate surface area is 112 Å². The molecule has 5 nitrogen and oxygen atoms in total. The molecule has 0 bridgehead atoms. The third-order valence-electron chi connectivity index (χ3n) is 2.61. The van der Waals surface area contributed by atoms with Gasteiger partial charge in [0, 0.05) is 0 Å². The molecule has 0 aliphatic heterocycles. The van der Waals surface area contributed by atoms with Crippen molar-refractivity contribution in [3.8, 4) is 0 Å². The van der Waals surface area contributed by atoms with Crippen molar-refractivity contribution in [3.63, 3.8) is 0 Å². The first kappa shape index (κ1) is 13.2. The molecule has 2 rings (SSSR count). The first-order chi connectivity index (χ1) is 8.58. The van der Waals surface area contributed by atoms with Crippen molar-refractivity contribution in [3.05, 3.63) is 18.2 Å². The third kappa shape index (κ3) is 2.96. The number of anilines is 1. The Hall–Kier alpha value is -1.23. The molecular formula is C12H16N4OSe. The molecule has 0 radical (unpaired) electrons. The van der Waals surface area contributed by atoms with Crippen molar-refractivity contribution >= 4 is 37.6 Å². The second kappa shape index (κ2) is 5.61. The van der Waals surface area contributed by atoms with Gasteiger partial charge >= 0.3 is 112 Å². The van der Waals surface area contributed by atoms with Crippen molar-refractivity contribution in [1.29, 1.82) is 0 Å². The zero-order valence-corrected chi connectivity index (χ0v) is 12.1. The monoisotopic (exact) mass is 312 g/mol. The van der Waals surface area contributed by atoms with Gasteiger partial charge in [0.25, 0.3) is 0 Å². The van der Waals surface area contributed by atoms with Gasteiger partial charge in [0.1, 0.15) is 0 Å². The summed E-state index contributed by atoms with van der Waals surface area (Å²) in [5.74, 6) is 0.238. The molecule has 0 fully saturated rings. The molecule has 1 heterocycles. The minimum absolute atomic E-state index is 0.0940. The number of benzene rings is 1. The first-order valence-corrected chi connectivity index (χ1v) is 7.39. The molecule has 1 aromatic heterocycles. The van der Waals surface area contributed by atoms with Gasteiger partial charge in [0.2, 0.25) is 0 Å². The van der Waals surface area contributed by atoms with Crippen molar-refractivity contribution in [2.75, 3.05) is 5.32 Å². The average molecular weight is 311 g/mol. The average Bonchev–Trinajstić information content (AvgIpc) is 2.77. The molecule has 1 amide bonds. The Bertz CT molecular complexity index is 552. The van der Waals surface area contributed by atoms with E-state index < -0.39 is 6.04 Å². The minimum atomic E-state index is -0.482. The molecule has 0 saturated carbocycles. The van der Waals surface area contributed by atoms with Gasteiger partial charge in [0.15, 0.2) is 0 Å². The van der Waals surface area contributed by atoms with Crippen LogP contribution in [0.4, 0.5) is 5.69 Å². The summed E-state index contributed by atoms with van der Waals surface area (Å²) in [6.45, 7) is 4.09. The van der Waals surface area contributed by atoms with Gasteiger partial charge in [-0.1, -0.05) is 0 Å². The number of carbonyl (C=O) groups is 1. The molecule has 1 atom stereocenters. The van der Waals surface area contributed by atoms with Crippen LogP contribution in [-0.2, 0) is 4.79 Å².